The molecule has 0 N–H and O–H groups in total. The number of benzene rings is 2. The third-order valence-corrected chi connectivity index (χ3v) is 14.7. The molecule has 2 aliphatic heterocycles. The van der Waals surface area contributed by atoms with Gasteiger partial charge in [0.25, 0.3) is 0 Å². The number of sulfone groups is 3. The third kappa shape index (κ3) is 11.8. The second-order valence-electron chi connectivity index (χ2n) is 13.9. The van der Waals surface area contributed by atoms with Gasteiger partial charge in [0.2, 0.25) is 0 Å². The highest BCUT2D eigenvalue weighted by Gasteiger charge is 2.33. The minimum Gasteiger partial charge on any atom is -0.464 e. The van der Waals surface area contributed by atoms with Crippen molar-refractivity contribution in [1.29, 1.82) is 0 Å². The van der Waals surface area contributed by atoms with Gasteiger partial charge >= 0.3 is 11.9 Å². The van der Waals surface area contributed by atoms with Gasteiger partial charge in [-0.05, 0) is 37.1 Å². The highest BCUT2D eigenvalue weighted by Crippen LogP contribution is 2.41. The van der Waals surface area contributed by atoms with Gasteiger partial charge < -0.3 is 19.1 Å². The molecule has 0 spiro atoms. The molecule has 0 saturated carbocycles. The van der Waals surface area contributed by atoms with Crippen LogP contribution in [0.25, 0.3) is 0 Å². The van der Waals surface area contributed by atoms with Crippen molar-refractivity contribution in [3.8, 4) is 0 Å². The maximum Gasteiger partial charge on any atom is 0.358 e. The van der Waals surface area contributed by atoms with Crippen LogP contribution in [-0.2, 0) is 71.7 Å². The number of rotatable bonds is 14. The van der Waals surface area contributed by atoms with Crippen molar-refractivity contribution in [2.45, 2.75) is 71.7 Å². The van der Waals surface area contributed by atoms with E-state index in [0.29, 0.717) is 46.3 Å². The Morgan fingerprint density at radius 2 is 1.10 bits per heavy atom. The zero-order valence-corrected chi connectivity index (χ0v) is 38.8. The van der Waals surface area contributed by atoms with Crippen molar-refractivity contribution in [2.24, 2.45) is 10.3 Å². The van der Waals surface area contributed by atoms with Crippen LogP contribution in [0.5, 0.6) is 0 Å². The number of ether oxygens (including phenoxy) is 2. The number of carbonyl (C=O) groups excluding carboxylic acids is 2. The number of hydrogen-bond acceptors (Lipinski definition) is 19. The molecule has 2 unspecified atom stereocenters. The lowest BCUT2D eigenvalue weighted by Gasteiger charge is -2.18. The van der Waals surface area contributed by atoms with Crippen LogP contribution in [0.15, 0.2) is 69.2 Å². The molecule has 332 valence electrons. The van der Waals surface area contributed by atoms with E-state index < -0.39 is 65.2 Å². The molecule has 24 heteroatoms. The first-order valence-electron chi connectivity index (χ1n) is 18.1. The summed E-state index contributed by atoms with van der Waals surface area (Å²) in [4.78, 5) is 50.5. The average molecular weight is 972 g/mol. The van der Waals surface area contributed by atoms with E-state index in [-0.39, 0.29) is 43.0 Å². The molecule has 0 bridgehead atoms. The zero-order valence-electron chi connectivity index (χ0n) is 34.0. The number of oxime groups is 2. The first-order chi connectivity index (χ1) is 29.1. The maximum absolute atomic E-state index is 12.9. The number of carbonyl (C=O) groups is 2. The topological polar surface area (TPSA) is 250 Å². The van der Waals surface area contributed by atoms with Gasteiger partial charge in [-0.25, -0.2) is 44.8 Å². The van der Waals surface area contributed by atoms with Gasteiger partial charge in [0.05, 0.1) is 68.4 Å². The fraction of sp³-hybridized carbons (Fsp3) is 0.368. The summed E-state index contributed by atoms with van der Waals surface area (Å²) in [5.74, 6) is -1.60. The fourth-order valence-corrected chi connectivity index (χ4v) is 11.5. The van der Waals surface area contributed by atoms with Crippen LogP contribution in [0, 0.1) is 0 Å². The van der Waals surface area contributed by atoms with Crippen molar-refractivity contribution in [1.82, 2.24) is 19.9 Å². The van der Waals surface area contributed by atoms with Gasteiger partial charge in [-0.2, -0.15) is 11.8 Å². The van der Waals surface area contributed by atoms with Crippen molar-refractivity contribution < 1.29 is 54.0 Å². The number of thioether (sulfide) groups is 1. The van der Waals surface area contributed by atoms with Gasteiger partial charge in [0, 0.05) is 72.8 Å². The SMILES string of the molecule is COC(=O)c1nccnc1CS(=O)(=O)Cc1ccc(S(C)(=O)=O)c(C2CC(C)=NO2)c1Cl.COC(=O)c1nccnc1CSCc1ccc(S(C)(=O)=O)c(C2CC(C)=NO2)c1Cl. The molecule has 0 amide bonds. The van der Waals surface area contributed by atoms with Crippen molar-refractivity contribution in [3.63, 3.8) is 0 Å². The summed E-state index contributed by atoms with van der Waals surface area (Å²) in [6, 6.07) is 5.89. The van der Waals surface area contributed by atoms with Crippen molar-refractivity contribution >= 4 is 87.8 Å². The molecule has 0 fully saturated rings. The lowest BCUT2D eigenvalue weighted by molar-refractivity contribution is 0.0583. The summed E-state index contributed by atoms with van der Waals surface area (Å²) < 4.78 is 84.3. The second-order valence-corrected chi connectivity index (χ2v) is 21.7. The number of nitrogens with zero attached hydrogens (tertiary/aromatic N) is 6. The zero-order chi connectivity index (χ0) is 45.6. The van der Waals surface area contributed by atoms with E-state index in [1.807, 2.05) is 6.92 Å². The van der Waals surface area contributed by atoms with Crippen molar-refractivity contribution in [3.05, 3.63) is 104 Å². The fourth-order valence-electron chi connectivity index (χ4n) is 6.25. The molecule has 0 saturated heterocycles. The minimum absolute atomic E-state index is 0.0289. The Morgan fingerprint density at radius 3 is 1.55 bits per heavy atom. The molecule has 18 nitrogen and oxygen atoms in total. The number of aromatic nitrogens is 4. The molecule has 6 rings (SSSR count). The largest absolute Gasteiger partial charge is 0.464 e. The van der Waals surface area contributed by atoms with Gasteiger partial charge in [0.15, 0.2) is 53.1 Å². The molecule has 62 heavy (non-hydrogen) atoms. The van der Waals surface area contributed by atoms with Crippen LogP contribution >= 0.6 is 35.0 Å². The molecule has 2 aromatic heterocycles. The minimum atomic E-state index is -3.89. The molecule has 4 heterocycles. The molecule has 4 aromatic rings. The molecule has 0 radical (unpaired) electrons. The summed E-state index contributed by atoms with van der Waals surface area (Å²) in [6.07, 6.45) is 7.13. The number of halogens is 2. The van der Waals surface area contributed by atoms with Gasteiger partial charge in [-0.15, -0.1) is 0 Å². The Kier molecular flexibility index (Phi) is 15.7. The average Bonchev–Trinajstić information content (AvgIpc) is 3.85. The van der Waals surface area contributed by atoms with Crippen LogP contribution in [0.2, 0.25) is 10.0 Å². The first kappa shape index (κ1) is 48.3. The molecular weight excluding hydrogens is 932 g/mol. The highest BCUT2D eigenvalue weighted by atomic mass is 35.5. The molecule has 2 aliphatic rings. The van der Waals surface area contributed by atoms with E-state index in [9.17, 15) is 34.8 Å². The van der Waals surface area contributed by atoms with Gasteiger partial charge in [0.1, 0.15) is 0 Å². The Hall–Kier alpha value is -4.74. The number of esters is 2. The molecular formula is C38H40Cl2N6O12S4. The summed E-state index contributed by atoms with van der Waals surface area (Å²) >= 11 is 14.6. The predicted octanol–water partition coefficient (Wildman–Crippen LogP) is 5.86. The lowest BCUT2D eigenvalue weighted by atomic mass is 10.0. The van der Waals surface area contributed by atoms with Crippen molar-refractivity contribution in [2.75, 3.05) is 26.7 Å². The molecule has 2 atom stereocenters. The predicted molar refractivity (Wildman–Crippen MR) is 230 cm³/mol. The maximum atomic E-state index is 12.9. The monoisotopic (exact) mass is 970 g/mol. The Morgan fingerprint density at radius 1 is 0.661 bits per heavy atom. The van der Waals surface area contributed by atoms with E-state index >= 15 is 0 Å². The standard InChI is InChI=1S/C19H20ClN3O7S2.C19H20ClN3O5S2/c1-11-8-14(30-23-11)16-15(31(3,25)26)5-4-12(17(16)20)9-32(27,28)10-13-18(19(24)29-2)22-7-6-21-13;1-11-8-14(28-23-11)16-15(30(3,25)26)5-4-12(17(16)20)9-29-10-13-18(19(24)27-2)22-7-6-21-13/h4-7,14H,8-10H2,1-3H3;4-7,14H,8-10H2,1-3H3. The summed E-state index contributed by atoms with van der Waals surface area (Å²) in [6.45, 7) is 3.54. The smallest absolute Gasteiger partial charge is 0.358 e. The van der Waals surface area contributed by atoms with Gasteiger partial charge in [-0.1, -0.05) is 45.6 Å². The van der Waals surface area contributed by atoms with Gasteiger partial charge in [-0.3, -0.25) is 9.97 Å². The number of methoxy groups -OCH3 is 2. The molecule has 0 aliphatic carbocycles. The normalized spacial score (nSPS) is 16.3. The second kappa shape index (κ2) is 20.2. The van der Waals surface area contributed by atoms with E-state index in [4.69, 9.17) is 37.6 Å². The van der Waals surface area contributed by atoms with Crippen LogP contribution in [0.4, 0.5) is 0 Å². The lowest BCUT2D eigenvalue weighted by Crippen LogP contribution is -2.16. The summed E-state index contributed by atoms with van der Waals surface area (Å²) in [7, 11) is -8.62. The van der Waals surface area contributed by atoms with E-state index in [0.717, 1.165) is 30.9 Å². The Bertz CT molecular complexity index is 2790. The highest BCUT2D eigenvalue weighted by molar-refractivity contribution is 7.97. The Balaban J connectivity index is 0.000000235. The van der Waals surface area contributed by atoms with Crippen LogP contribution in [0.1, 0.15) is 93.5 Å². The quantitative estimate of drug-likeness (QED) is 0.134. The number of hydrogen-bond donors (Lipinski definition) is 0. The van der Waals surface area contributed by atoms with E-state index in [1.165, 1.54) is 55.8 Å². The van der Waals surface area contributed by atoms with E-state index in [2.05, 4.69) is 35.0 Å². The van der Waals surface area contributed by atoms with E-state index in [1.54, 1.807) is 19.1 Å². The molecule has 2 aromatic carbocycles. The first-order valence-corrected chi connectivity index (χ1v) is 25.6. The van der Waals surface area contributed by atoms with Crippen LogP contribution in [0.3, 0.4) is 0 Å². The third-order valence-electron chi connectivity index (χ3n) is 9.05. The summed E-state index contributed by atoms with van der Waals surface area (Å²) in [5, 5.41) is 8.07. The van der Waals surface area contributed by atoms with Crippen LogP contribution < -0.4 is 0 Å². The summed E-state index contributed by atoms with van der Waals surface area (Å²) in [5.41, 5.74) is 3.35. The Labute approximate surface area is 372 Å². The van der Waals surface area contributed by atoms with Crippen LogP contribution in [-0.4, -0.2) is 95.3 Å².